The summed E-state index contributed by atoms with van der Waals surface area (Å²) in [5.74, 6) is 0.804. The van der Waals surface area contributed by atoms with Gasteiger partial charge in [0.2, 0.25) is 0 Å². The van der Waals surface area contributed by atoms with Crippen molar-refractivity contribution >= 4 is 5.84 Å². The Bertz CT molecular complexity index is 1150. The molecule has 4 rings (SSSR count). The van der Waals surface area contributed by atoms with Crippen LogP contribution in [0.2, 0.25) is 0 Å². The first-order chi connectivity index (χ1) is 15.2. The van der Waals surface area contributed by atoms with Gasteiger partial charge in [-0.15, -0.1) is 0 Å². The third kappa shape index (κ3) is 5.08. The third-order valence-corrected chi connectivity index (χ3v) is 5.20. The van der Waals surface area contributed by atoms with Gasteiger partial charge in [-0.2, -0.15) is 0 Å². The van der Waals surface area contributed by atoms with Gasteiger partial charge < -0.3 is 11.1 Å². The standard InChI is InChI=1S/C28H27N3/c1-2-30-28(26-18-10-16-24(20-26)22-13-7-4-8-14-22)31-27(29)25-17-9-15-23(19-25)21-11-5-3-6-12-21/h3-20,27H,2,29H2,1H3,(H,30,31). The summed E-state index contributed by atoms with van der Waals surface area (Å²) >= 11 is 0. The Hall–Kier alpha value is -3.69. The maximum Gasteiger partial charge on any atom is 0.129 e. The molecule has 3 nitrogen and oxygen atoms in total. The zero-order chi connectivity index (χ0) is 21.5. The predicted octanol–water partition coefficient (Wildman–Crippen LogP) is 6.03. The lowest BCUT2D eigenvalue weighted by Gasteiger charge is -2.19. The molecule has 0 aliphatic carbocycles. The Labute approximate surface area is 184 Å². The molecule has 0 saturated carbocycles. The normalized spacial score (nSPS) is 12.4. The minimum Gasteiger partial charge on any atom is -0.351 e. The van der Waals surface area contributed by atoms with Crippen LogP contribution in [0.4, 0.5) is 0 Å². The van der Waals surface area contributed by atoms with Gasteiger partial charge in [0.25, 0.3) is 0 Å². The molecule has 154 valence electrons. The molecule has 4 aromatic carbocycles. The SMILES string of the molecule is CCN=C(NC(N)c1cccc(-c2ccccc2)c1)c1cccc(-c2ccccc2)c1. The van der Waals surface area contributed by atoms with Crippen molar-refractivity contribution in [1.82, 2.24) is 5.32 Å². The largest absolute Gasteiger partial charge is 0.351 e. The smallest absolute Gasteiger partial charge is 0.129 e. The first-order valence-corrected chi connectivity index (χ1v) is 10.6. The summed E-state index contributed by atoms with van der Waals surface area (Å²) in [4.78, 5) is 4.70. The molecule has 31 heavy (non-hydrogen) atoms. The molecular formula is C28H27N3. The van der Waals surface area contributed by atoms with Crippen molar-refractivity contribution in [3.63, 3.8) is 0 Å². The Kier molecular flexibility index (Phi) is 6.56. The van der Waals surface area contributed by atoms with Gasteiger partial charge in [0.15, 0.2) is 0 Å². The van der Waals surface area contributed by atoms with Crippen LogP contribution in [0.15, 0.2) is 114 Å². The van der Waals surface area contributed by atoms with Crippen LogP contribution in [-0.2, 0) is 0 Å². The molecule has 3 N–H and O–H groups in total. The molecule has 0 aromatic heterocycles. The number of nitrogens with one attached hydrogen (secondary N) is 1. The summed E-state index contributed by atoms with van der Waals surface area (Å²) < 4.78 is 0. The Balaban J connectivity index is 1.59. The fourth-order valence-electron chi connectivity index (χ4n) is 3.63. The highest BCUT2D eigenvalue weighted by atomic mass is 15.1. The molecule has 1 unspecified atom stereocenters. The fraction of sp³-hybridized carbons (Fsp3) is 0.107. The van der Waals surface area contributed by atoms with E-state index >= 15 is 0 Å². The van der Waals surface area contributed by atoms with Crippen molar-refractivity contribution in [3.05, 3.63) is 120 Å². The second-order valence-corrected chi connectivity index (χ2v) is 7.38. The van der Waals surface area contributed by atoms with Gasteiger partial charge in [-0.3, -0.25) is 4.99 Å². The van der Waals surface area contributed by atoms with Crippen LogP contribution in [0.1, 0.15) is 24.2 Å². The van der Waals surface area contributed by atoms with E-state index in [1.54, 1.807) is 0 Å². The average Bonchev–Trinajstić information content (AvgIpc) is 2.85. The maximum absolute atomic E-state index is 6.57. The van der Waals surface area contributed by atoms with Crippen molar-refractivity contribution in [2.24, 2.45) is 10.7 Å². The van der Waals surface area contributed by atoms with Crippen LogP contribution in [-0.4, -0.2) is 12.4 Å². The quantitative estimate of drug-likeness (QED) is 0.234. The Morgan fingerprint density at radius 3 is 1.87 bits per heavy atom. The van der Waals surface area contributed by atoms with Gasteiger partial charge in [0.1, 0.15) is 12.0 Å². The van der Waals surface area contributed by atoms with Crippen LogP contribution in [0.25, 0.3) is 22.3 Å². The zero-order valence-electron chi connectivity index (χ0n) is 17.7. The monoisotopic (exact) mass is 405 g/mol. The van der Waals surface area contributed by atoms with E-state index in [-0.39, 0.29) is 6.17 Å². The number of aliphatic imine (C=N–C) groups is 1. The van der Waals surface area contributed by atoms with E-state index < -0.39 is 0 Å². The van der Waals surface area contributed by atoms with E-state index in [2.05, 4.69) is 78.1 Å². The van der Waals surface area contributed by atoms with Crippen LogP contribution in [0.3, 0.4) is 0 Å². The minimum atomic E-state index is -0.366. The van der Waals surface area contributed by atoms with Gasteiger partial charge in [0.05, 0.1) is 0 Å². The highest BCUT2D eigenvalue weighted by Crippen LogP contribution is 2.23. The molecule has 0 heterocycles. The first-order valence-electron chi connectivity index (χ1n) is 10.6. The van der Waals surface area contributed by atoms with E-state index in [9.17, 15) is 0 Å². The third-order valence-electron chi connectivity index (χ3n) is 5.20. The van der Waals surface area contributed by atoms with E-state index in [1.807, 2.05) is 43.3 Å². The van der Waals surface area contributed by atoms with Gasteiger partial charge in [0, 0.05) is 12.1 Å². The van der Waals surface area contributed by atoms with Crippen LogP contribution in [0.5, 0.6) is 0 Å². The molecule has 0 aliphatic heterocycles. The zero-order valence-corrected chi connectivity index (χ0v) is 17.7. The number of nitrogens with zero attached hydrogens (tertiary/aromatic N) is 1. The second kappa shape index (κ2) is 9.88. The summed E-state index contributed by atoms with van der Waals surface area (Å²) in [6.45, 7) is 2.71. The van der Waals surface area contributed by atoms with Gasteiger partial charge in [-0.05, 0) is 46.9 Å². The van der Waals surface area contributed by atoms with Crippen LogP contribution in [0, 0.1) is 0 Å². The summed E-state index contributed by atoms with van der Waals surface area (Å²) in [6.07, 6.45) is -0.366. The van der Waals surface area contributed by atoms with E-state index in [1.165, 1.54) is 11.1 Å². The number of hydrogen-bond acceptors (Lipinski definition) is 2. The highest BCUT2D eigenvalue weighted by molar-refractivity contribution is 6.00. The fourth-order valence-corrected chi connectivity index (χ4v) is 3.63. The molecule has 1 atom stereocenters. The number of hydrogen-bond donors (Lipinski definition) is 2. The maximum atomic E-state index is 6.57. The second-order valence-electron chi connectivity index (χ2n) is 7.38. The molecule has 0 spiro atoms. The van der Waals surface area contributed by atoms with Crippen molar-refractivity contribution < 1.29 is 0 Å². The van der Waals surface area contributed by atoms with Gasteiger partial charge in [-0.1, -0.05) is 97.1 Å². The van der Waals surface area contributed by atoms with Gasteiger partial charge in [-0.25, -0.2) is 0 Å². The number of nitrogens with two attached hydrogens (primary N) is 1. The highest BCUT2D eigenvalue weighted by Gasteiger charge is 2.12. The summed E-state index contributed by atoms with van der Waals surface area (Å²) in [5, 5.41) is 3.44. The molecule has 0 saturated heterocycles. The van der Waals surface area contributed by atoms with E-state index in [0.717, 1.165) is 28.1 Å². The lowest BCUT2D eigenvalue weighted by atomic mass is 10.0. The Morgan fingerprint density at radius 1 is 0.710 bits per heavy atom. The van der Waals surface area contributed by atoms with Gasteiger partial charge >= 0.3 is 0 Å². The van der Waals surface area contributed by atoms with Crippen molar-refractivity contribution in [3.8, 4) is 22.3 Å². The van der Waals surface area contributed by atoms with E-state index in [4.69, 9.17) is 10.7 Å². The molecule has 0 bridgehead atoms. The van der Waals surface area contributed by atoms with Crippen LogP contribution >= 0.6 is 0 Å². The number of benzene rings is 4. The molecule has 3 heteroatoms. The Morgan fingerprint density at radius 2 is 1.26 bits per heavy atom. The summed E-state index contributed by atoms with van der Waals surface area (Å²) in [5.41, 5.74) is 13.3. The molecule has 0 amide bonds. The lowest BCUT2D eigenvalue weighted by Crippen LogP contribution is -2.35. The summed E-state index contributed by atoms with van der Waals surface area (Å²) in [6, 6.07) is 37.4. The van der Waals surface area contributed by atoms with Crippen molar-refractivity contribution in [1.29, 1.82) is 0 Å². The van der Waals surface area contributed by atoms with Crippen molar-refractivity contribution in [2.45, 2.75) is 13.1 Å². The predicted molar refractivity (Wildman–Crippen MR) is 131 cm³/mol. The summed E-state index contributed by atoms with van der Waals surface area (Å²) in [7, 11) is 0. The number of rotatable bonds is 6. The molecule has 4 aromatic rings. The minimum absolute atomic E-state index is 0.366. The first kappa shape index (κ1) is 20.6. The van der Waals surface area contributed by atoms with Crippen molar-refractivity contribution in [2.75, 3.05) is 6.54 Å². The molecule has 0 aliphatic rings. The van der Waals surface area contributed by atoms with E-state index in [0.29, 0.717) is 6.54 Å². The average molecular weight is 406 g/mol. The molecule has 0 fully saturated rings. The molecular weight excluding hydrogens is 378 g/mol. The molecule has 0 radical (unpaired) electrons. The lowest BCUT2D eigenvalue weighted by molar-refractivity contribution is 0.680. The topological polar surface area (TPSA) is 50.4 Å². The number of amidine groups is 1. The van der Waals surface area contributed by atoms with Crippen LogP contribution < -0.4 is 11.1 Å².